The van der Waals surface area contributed by atoms with Crippen molar-refractivity contribution >= 4 is 29.0 Å². The number of rotatable bonds is 4. The molecule has 78 valence electrons. The molecule has 0 aliphatic carbocycles. The molecule has 0 saturated carbocycles. The monoisotopic (exact) mass is 218 g/mol. The molecule has 0 saturated heterocycles. The van der Waals surface area contributed by atoms with Gasteiger partial charge in [0.15, 0.2) is 0 Å². The maximum absolute atomic E-state index is 11.2. The van der Waals surface area contributed by atoms with E-state index in [1.54, 1.807) is 6.92 Å². The molecular weight excluding hydrogens is 208 g/mol. The smallest absolute Gasteiger partial charge is 0.316 e. The molecule has 1 aliphatic rings. The van der Waals surface area contributed by atoms with E-state index in [2.05, 4.69) is 5.10 Å². The summed E-state index contributed by atoms with van der Waals surface area (Å²) >= 11 is 5.18. The summed E-state index contributed by atoms with van der Waals surface area (Å²) in [5.41, 5.74) is 0. The SMILES string of the molecule is CCOC(=O)C1C=NN(CC(=O)Cl)C1. The Morgan fingerprint density at radius 2 is 2.43 bits per heavy atom. The number of carbonyl (C=O) groups is 2. The quantitative estimate of drug-likeness (QED) is 0.501. The van der Waals surface area contributed by atoms with Gasteiger partial charge in [-0.25, -0.2) is 0 Å². The van der Waals surface area contributed by atoms with Crippen LogP contribution < -0.4 is 0 Å². The topological polar surface area (TPSA) is 59.0 Å². The van der Waals surface area contributed by atoms with Gasteiger partial charge in [0, 0.05) is 6.21 Å². The third-order valence-electron chi connectivity index (χ3n) is 1.71. The Labute approximate surface area is 86.7 Å². The number of esters is 1. The van der Waals surface area contributed by atoms with Crippen molar-refractivity contribution in [2.75, 3.05) is 19.7 Å². The summed E-state index contributed by atoms with van der Waals surface area (Å²) < 4.78 is 4.80. The van der Waals surface area contributed by atoms with E-state index in [0.29, 0.717) is 13.2 Å². The molecule has 0 spiro atoms. The molecule has 1 heterocycles. The number of nitrogens with zero attached hydrogens (tertiary/aromatic N) is 2. The Morgan fingerprint density at radius 1 is 1.71 bits per heavy atom. The minimum atomic E-state index is -0.494. The van der Waals surface area contributed by atoms with Gasteiger partial charge in [-0.05, 0) is 18.5 Å². The first-order chi connectivity index (χ1) is 6.63. The van der Waals surface area contributed by atoms with Gasteiger partial charge in [0.1, 0.15) is 12.5 Å². The Kier molecular flexibility index (Phi) is 3.88. The molecule has 0 aromatic rings. The molecule has 1 atom stereocenters. The maximum atomic E-state index is 11.2. The molecule has 1 rings (SSSR count). The van der Waals surface area contributed by atoms with Gasteiger partial charge in [-0.15, -0.1) is 0 Å². The number of ether oxygens (including phenoxy) is 1. The molecule has 0 bridgehead atoms. The van der Waals surface area contributed by atoms with Crippen molar-refractivity contribution in [2.45, 2.75) is 6.92 Å². The molecule has 0 aromatic heterocycles. The molecule has 5 nitrogen and oxygen atoms in total. The predicted molar refractivity (Wildman–Crippen MR) is 51.0 cm³/mol. The zero-order chi connectivity index (χ0) is 10.6. The number of hydrogen-bond donors (Lipinski definition) is 0. The largest absolute Gasteiger partial charge is 0.465 e. The van der Waals surface area contributed by atoms with Crippen LogP contribution >= 0.6 is 11.6 Å². The van der Waals surface area contributed by atoms with Crippen molar-refractivity contribution in [3.8, 4) is 0 Å². The average Bonchev–Trinajstić information content (AvgIpc) is 2.52. The summed E-state index contributed by atoms with van der Waals surface area (Å²) in [4.78, 5) is 21.8. The van der Waals surface area contributed by atoms with E-state index in [0.717, 1.165) is 0 Å². The highest BCUT2D eigenvalue weighted by molar-refractivity contribution is 6.64. The fraction of sp³-hybridized carbons (Fsp3) is 0.625. The van der Waals surface area contributed by atoms with E-state index >= 15 is 0 Å². The lowest BCUT2D eigenvalue weighted by atomic mass is 10.2. The lowest BCUT2D eigenvalue weighted by molar-refractivity contribution is -0.145. The second-order valence-electron chi connectivity index (χ2n) is 2.83. The highest BCUT2D eigenvalue weighted by Crippen LogP contribution is 2.09. The van der Waals surface area contributed by atoms with Crippen molar-refractivity contribution in [3.63, 3.8) is 0 Å². The number of halogens is 1. The predicted octanol–water partition coefficient (Wildman–Crippen LogP) is 0.232. The minimum Gasteiger partial charge on any atom is -0.465 e. The van der Waals surface area contributed by atoms with Gasteiger partial charge in [0.25, 0.3) is 0 Å². The molecule has 0 fully saturated rings. The Bertz CT molecular complexity index is 267. The molecular formula is C8H11ClN2O3. The van der Waals surface area contributed by atoms with Crippen LogP contribution in [0.4, 0.5) is 0 Å². The molecule has 6 heteroatoms. The molecule has 0 radical (unpaired) electrons. The first-order valence-electron chi connectivity index (χ1n) is 4.27. The number of hydrazone groups is 1. The normalized spacial score (nSPS) is 19.9. The fourth-order valence-electron chi connectivity index (χ4n) is 1.13. The van der Waals surface area contributed by atoms with E-state index in [1.807, 2.05) is 0 Å². The van der Waals surface area contributed by atoms with E-state index in [9.17, 15) is 9.59 Å². The lowest BCUT2D eigenvalue weighted by Crippen LogP contribution is -2.27. The van der Waals surface area contributed by atoms with Gasteiger partial charge in [0.05, 0.1) is 13.2 Å². The molecule has 0 N–H and O–H groups in total. The van der Waals surface area contributed by atoms with E-state index < -0.39 is 5.24 Å². The van der Waals surface area contributed by atoms with Gasteiger partial charge >= 0.3 is 5.97 Å². The number of hydrogen-bond acceptors (Lipinski definition) is 5. The second-order valence-corrected chi connectivity index (χ2v) is 3.25. The van der Waals surface area contributed by atoms with Crippen molar-refractivity contribution < 1.29 is 14.3 Å². The highest BCUT2D eigenvalue weighted by atomic mass is 35.5. The van der Waals surface area contributed by atoms with Crippen LogP contribution in [0, 0.1) is 5.92 Å². The summed E-state index contributed by atoms with van der Waals surface area (Å²) in [6.45, 7) is 2.47. The molecule has 14 heavy (non-hydrogen) atoms. The van der Waals surface area contributed by atoms with Crippen LogP contribution in [0.1, 0.15) is 6.92 Å². The minimum absolute atomic E-state index is 0.0218. The van der Waals surface area contributed by atoms with Gasteiger partial charge in [-0.3, -0.25) is 14.6 Å². The molecule has 0 amide bonds. The van der Waals surface area contributed by atoms with Crippen LogP contribution in [0.15, 0.2) is 5.10 Å². The van der Waals surface area contributed by atoms with Crippen LogP contribution in [0.3, 0.4) is 0 Å². The summed E-state index contributed by atoms with van der Waals surface area (Å²) in [5.74, 6) is -0.702. The number of carbonyl (C=O) groups excluding carboxylic acids is 2. The van der Waals surface area contributed by atoms with Crippen molar-refractivity contribution in [2.24, 2.45) is 11.0 Å². The van der Waals surface area contributed by atoms with E-state index in [4.69, 9.17) is 16.3 Å². The van der Waals surface area contributed by atoms with E-state index in [1.165, 1.54) is 11.2 Å². The Balaban J connectivity index is 2.38. The van der Waals surface area contributed by atoms with Crippen molar-refractivity contribution in [3.05, 3.63) is 0 Å². The summed E-state index contributed by atoms with van der Waals surface area (Å²) in [6, 6.07) is 0. The van der Waals surface area contributed by atoms with Crippen molar-refractivity contribution in [1.29, 1.82) is 0 Å². The van der Waals surface area contributed by atoms with Crippen LogP contribution in [0.2, 0.25) is 0 Å². The fourth-order valence-corrected chi connectivity index (χ4v) is 1.27. The average molecular weight is 219 g/mol. The standard InChI is InChI=1S/C8H11ClN2O3/c1-2-14-8(13)6-3-10-11(4-6)5-7(9)12/h3,6H,2,4-5H2,1H3. The summed E-state index contributed by atoms with van der Waals surface area (Å²) in [7, 11) is 0. The summed E-state index contributed by atoms with van der Waals surface area (Å²) in [6.07, 6.45) is 1.47. The second kappa shape index (κ2) is 4.95. The van der Waals surface area contributed by atoms with Gasteiger partial charge in [-0.1, -0.05) is 0 Å². The third-order valence-corrected chi connectivity index (χ3v) is 1.83. The zero-order valence-corrected chi connectivity index (χ0v) is 8.53. The maximum Gasteiger partial charge on any atom is 0.316 e. The van der Waals surface area contributed by atoms with E-state index in [-0.39, 0.29) is 18.4 Å². The molecule has 0 aromatic carbocycles. The van der Waals surface area contributed by atoms with Crippen molar-refractivity contribution in [1.82, 2.24) is 5.01 Å². The van der Waals surface area contributed by atoms with Gasteiger partial charge in [-0.2, -0.15) is 5.10 Å². The highest BCUT2D eigenvalue weighted by Gasteiger charge is 2.26. The lowest BCUT2D eigenvalue weighted by Gasteiger charge is -2.12. The van der Waals surface area contributed by atoms with Crippen LogP contribution in [0.25, 0.3) is 0 Å². The first-order valence-corrected chi connectivity index (χ1v) is 4.65. The van der Waals surface area contributed by atoms with Crippen LogP contribution in [-0.2, 0) is 14.3 Å². The molecule has 1 aliphatic heterocycles. The molecule has 1 unspecified atom stereocenters. The summed E-state index contributed by atoms with van der Waals surface area (Å²) in [5, 5.41) is 4.81. The third kappa shape index (κ3) is 2.99. The zero-order valence-electron chi connectivity index (χ0n) is 7.77. The Morgan fingerprint density at radius 3 is 3.00 bits per heavy atom. The van der Waals surface area contributed by atoms with Gasteiger partial charge in [0.2, 0.25) is 5.24 Å². The van der Waals surface area contributed by atoms with Gasteiger partial charge < -0.3 is 4.74 Å². The Hall–Kier alpha value is -1.10. The van der Waals surface area contributed by atoms with Crippen LogP contribution in [0.5, 0.6) is 0 Å². The first kappa shape index (κ1) is 11.0. The van der Waals surface area contributed by atoms with Crippen LogP contribution in [-0.4, -0.2) is 42.1 Å².